The summed E-state index contributed by atoms with van der Waals surface area (Å²) in [6.45, 7) is 16.4. The monoisotopic (exact) mass is 536 g/mol. The van der Waals surface area contributed by atoms with Crippen LogP contribution in [0, 0.1) is 23.3 Å². The van der Waals surface area contributed by atoms with E-state index >= 15 is 0 Å². The van der Waals surface area contributed by atoms with E-state index in [4.69, 9.17) is 3.10 Å². The van der Waals surface area contributed by atoms with Gasteiger partial charge in [0.15, 0.2) is 0 Å². The molecule has 1 saturated heterocycles. The Morgan fingerprint density at radius 3 is 1.87 bits per heavy atom. The van der Waals surface area contributed by atoms with Crippen LogP contribution in [0.5, 0.6) is 0 Å². The molecule has 1 aliphatic heterocycles. The third-order valence-corrected chi connectivity index (χ3v) is 18.5. The summed E-state index contributed by atoms with van der Waals surface area (Å²) in [5, 5.41) is 0. The molecule has 0 amide bonds. The fourth-order valence-corrected chi connectivity index (χ4v) is 17.9. The molecule has 0 bridgehead atoms. The van der Waals surface area contributed by atoms with Crippen molar-refractivity contribution in [3.63, 3.8) is 0 Å². The van der Waals surface area contributed by atoms with Crippen molar-refractivity contribution in [2.24, 2.45) is 11.8 Å². The van der Waals surface area contributed by atoms with E-state index in [0.29, 0.717) is 15.8 Å². The maximum atomic E-state index is 6.96. The molecule has 0 N–H and O–H groups in total. The Labute approximate surface area is 190 Å². The number of hydrogen-bond donors (Lipinski definition) is 0. The number of hydrogen-bond acceptors (Lipinski definition) is 1. The van der Waals surface area contributed by atoms with Crippen molar-refractivity contribution < 1.29 is 3.10 Å². The molecule has 3 heteroatoms. The summed E-state index contributed by atoms with van der Waals surface area (Å²) in [4.78, 5) is 0. The van der Waals surface area contributed by atoms with Crippen molar-refractivity contribution in [1.29, 1.82) is 0 Å². The van der Waals surface area contributed by atoms with Gasteiger partial charge in [0.25, 0.3) is 0 Å². The fourth-order valence-electron chi connectivity index (χ4n) is 4.17. The molecule has 2 atom stereocenters. The average molecular weight is 534 g/mol. The van der Waals surface area contributed by atoms with Gasteiger partial charge in [0, 0.05) is 0 Å². The summed E-state index contributed by atoms with van der Waals surface area (Å²) >= 11 is -2.52. The van der Waals surface area contributed by atoms with Crippen molar-refractivity contribution >= 4 is 26.7 Å². The predicted octanol–water partition coefficient (Wildman–Crippen LogP) is 7.93. The van der Waals surface area contributed by atoms with Crippen LogP contribution in [-0.2, 0) is 3.10 Å². The molecule has 2 aromatic rings. The van der Waals surface area contributed by atoms with E-state index in [0.717, 1.165) is 0 Å². The van der Waals surface area contributed by atoms with E-state index in [1.165, 1.54) is 25.6 Å². The molecular weight excluding hydrogens is 496 g/mol. The second-order valence-electron chi connectivity index (χ2n) is 10.4. The molecule has 0 aromatic heterocycles. The minimum atomic E-state index is -2.52. The van der Waals surface area contributed by atoms with Gasteiger partial charge in [0.1, 0.15) is 0 Å². The van der Waals surface area contributed by atoms with Crippen molar-refractivity contribution in [3.05, 3.63) is 60.2 Å². The second-order valence-corrected chi connectivity index (χ2v) is 24.0. The van der Waals surface area contributed by atoms with Gasteiger partial charge < -0.3 is 0 Å². The second kappa shape index (κ2) is 9.63. The van der Waals surface area contributed by atoms with E-state index < -0.39 is 26.7 Å². The molecule has 3 rings (SSSR count). The summed E-state index contributed by atoms with van der Waals surface area (Å²) < 4.78 is 9.96. The molecular formula is C27H38OSiTe. The third-order valence-electron chi connectivity index (χ3n) is 5.20. The Morgan fingerprint density at radius 2 is 1.37 bits per heavy atom. The first-order chi connectivity index (χ1) is 14.1. The average Bonchev–Trinajstić information content (AvgIpc) is 2.65. The molecule has 162 valence electrons. The Bertz CT molecular complexity index is 874. The van der Waals surface area contributed by atoms with Gasteiger partial charge in [0.05, 0.1) is 0 Å². The van der Waals surface area contributed by atoms with Gasteiger partial charge in [-0.2, -0.15) is 0 Å². The number of rotatable bonds is 6. The van der Waals surface area contributed by atoms with E-state index in [9.17, 15) is 0 Å². The first-order valence-corrected chi connectivity index (χ1v) is 20.3. The van der Waals surface area contributed by atoms with E-state index in [1.54, 1.807) is 0 Å². The van der Waals surface area contributed by atoms with Gasteiger partial charge >= 0.3 is 191 Å². The molecule has 0 saturated carbocycles. The molecule has 0 aliphatic carbocycles. The van der Waals surface area contributed by atoms with Crippen LogP contribution in [0.3, 0.4) is 0 Å². The molecule has 0 spiro atoms. The van der Waals surface area contributed by atoms with Crippen molar-refractivity contribution in [1.82, 2.24) is 0 Å². The Balaban J connectivity index is 1.92. The van der Waals surface area contributed by atoms with Gasteiger partial charge in [-0.1, -0.05) is 0 Å². The van der Waals surface area contributed by atoms with Crippen molar-refractivity contribution in [2.75, 3.05) is 0 Å². The summed E-state index contributed by atoms with van der Waals surface area (Å²) in [7, 11) is -1.41. The van der Waals surface area contributed by atoms with Crippen LogP contribution in [0.2, 0.25) is 32.5 Å². The standard InChI is InChI=1S/C27H38OSiTe/c1-21(2)19-30(20-22(3)4)26(17-18-29(5,6)7)27(28-30)25-15-13-24(14-16-25)23-11-9-8-10-12-23/h8-16,21-22,26-27H,19-20H2,1-7H3/t26-,27+/m1/s1. The normalized spacial score (nSPS) is 21.6. The van der Waals surface area contributed by atoms with E-state index in [1.807, 2.05) is 0 Å². The van der Waals surface area contributed by atoms with Crippen LogP contribution in [0.4, 0.5) is 0 Å². The molecule has 0 radical (unpaired) electrons. The van der Waals surface area contributed by atoms with Crippen LogP contribution in [0.25, 0.3) is 11.1 Å². The minimum absolute atomic E-state index is 0.164. The predicted molar refractivity (Wildman–Crippen MR) is 136 cm³/mol. The van der Waals surface area contributed by atoms with E-state index in [2.05, 4.69) is 113 Å². The van der Waals surface area contributed by atoms with Gasteiger partial charge in [-0.15, -0.1) is 0 Å². The summed E-state index contributed by atoms with van der Waals surface area (Å²) in [5.41, 5.74) is 7.55. The SMILES string of the molecule is CC(C)C[Te]1(CC(C)C)O[C@@H](c2ccc(-c3ccccc3)cc2)[C@H]1C#C[Si](C)(C)C. The molecule has 1 heterocycles. The van der Waals surface area contributed by atoms with Gasteiger partial charge in [0.2, 0.25) is 0 Å². The molecule has 1 aliphatic rings. The zero-order chi connectivity index (χ0) is 21.9. The number of benzene rings is 2. The summed E-state index contributed by atoms with van der Waals surface area (Å²) in [6, 6.07) is 19.6. The molecule has 1 fully saturated rings. The Morgan fingerprint density at radius 1 is 0.833 bits per heavy atom. The van der Waals surface area contributed by atoms with Gasteiger partial charge in [-0.25, -0.2) is 0 Å². The molecule has 0 unspecified atom stereocenters. The Hall–Kier alpha value is -1.03. The van der Waals surface area contributed by atoms with Crippen LogP contribution in [0.15, 0.2) is 54.6 Å². The summed E-state index contributed by atoms with van der Waals surface area (Å²) in [6.07, 6.45) is 0.164. The fraction of sp³-hybridized carbons (Fsp3) is 0.481. The zero-order valence-electron chi connectivity index (χ0n) is 19.7. The Kier molecular flexibility index (Phi) is 7.58. The topological polar surface area (TPSA) is 9.23 Å². The van der Waals surface area contributed by atoms with Crippen molar-refractivity contribution in [3.8, 4) is 22.6 Å². The molecule has 1 nitrogen and oxygen atoms in total. The van der Waals surface area contributed by atoms with Crippen LogP contribution in [-0.4, -0.2) is 26.7 Å². The van der Waals surface area contributed by atoms with Gasteiger partial charge in [-0.05, 0) is 0 Å². The van der Waals surface area contributed by atoms with Gasteiger partial charge in [-0.3, -0.25) is 0 Å². The van der Waals surface area contributed by atoms with E-state index in [-0.39, 0.29) is 6.10 Å². The quantitative estimate of drug-likeness (QED) is 0.270. The first kappa shape index (κ1) is 23.6. The zero-order valence-corrected chi connectivity index (χ0v) is 23.1. The van der Waals surface area contributed by atoms with Crippen LogP contribution >= 0.6 is 0 Å². The summed E-state index contributed by atoms with van der Waals surface area (Å²) in [5.74, 6) is 5.19. The molecule has 30 heavy (non-hydrogen) atoms. The van der Waals surface area contributed by atoms with Crippen LogP contribution < -0.4 is 0 Å². The van der Waals surface area contributed by atoms with Crippen LogP contribution in [0.1, 0.15) is 39.4 Å². The maximum absolute atomic E-state index is 6.96. The third kappa shape index (κ3) is 5.80. The first-order valence-electron chi connectivity index (χ1n) is 11.2. The van der Waals surface area contributed by atoms with Crippen molar-refractivity contribution in [2.45, 2.75) is 66.3 Å². The molecule has 2 aromatic carbocycles.